The molecule has 0 atom stereocenters. The Labute approximate surface area is 167 Å². The van der Waals surface area contributed by atoms with Crippen molar-refractivity contribution in [1.29, 1.82) is 0 Å². The molecule has 0 radical (unpaired) electrons. The first-order valence-electron chi connectivity index (χ1n) is 9.65. The molecule has 1 aliphatic rings. The fourth-order valence-electron chi connectivity index (χ4n) is 3.55. The number of pyridine rings is 1. The van der Waals surface area contributed by atoms with Gasteiger partial charge in [-0.05, 0) is 42.9 Å². The Bertz CT molecular complexity index is 864. The van der Waals surface area contributed by atoms with Gasteiger partial charge in [0.05, 0.1) is 0 Å². The fraction of sp³-hybridized carbons (Fsp3) is 0.429. The molecule has 3 rings (SSSR count). The van der Waals surface area contributed by atoms with Crippen LogP contribution in [0.3, 0.4) is 0 Å². The molecule has 1 fully saturated rings. The van der Waals surface area contributed by atoms with E-state index in [-0.39, 0.29) is 10.8 Å². The van der Waals surface area contributed by atoms with Crippen LogP contribution in [0.25, 0.3) is 0 Å². The van der Waals surface area contributed by atoms with Crippen molar-refractivity contribution in [2.45, 2.75) is 37.1 Å². The third kappa shape index (κ3) is 5.17. The van der Waals surface area contributed by atoms with Crippen LogP contribution in [0.15, 0.2) is 59.8 Å². The maximum atomic E-state index is 12.6. The average Bonchev–Trinajstić information content (AvgIpc) is 2.73. The number of carbonyl (C=O) groups excluding carboxylic acids is 1. The topological polar surface area (TPSA) is 70.6 Å². The van der Waals surface area contributed by atoms with Crippen molar-refractivity contribution in [1.82, 2.24) is 14.2 Å². The molecule has 2 aromatic rings. The first-order chi connectivity index (χ1) is 13.5. The number of benzene rings is 1. The van der Waals surface area contributed by atoms with Gasteiger partial charge in [-0.15, -0.1) is 0 Å². The van der Waals surface area contributed by atoms with Gasteiger partial charge in [-0.2, -0.15) is 4.31 Å². The Morgan fingerprint density at radius 1 is 1.14 bits per heavy atom. The maximum Gasteiger partial charge on any atom is 0.244 e. The molecule has 1 aromatic carbocycles. The highest BCUT2D eigenvalue weighted by Gasteiger charge is 2.29. The molecular weight excluding hydrogens is 374 g/mol. The second-order valence-corrected chi connectivity index (χ2v) is 9.25. The summed E-state index contributed by atoms with van der Waals surface area (Å²) in [5.41, 5.74) is 1.12. The molecule has 28 heavy (non-hydrogen) atoms. The van der Waals surface area contributed by atoms with Crippen molar-refractivity contribution in [3.05, 3.63) is 60.4 Å². The van der Waals surface area contributed by atoms with Gasteiger partial charge in [0.25, 0.3) is 0 Å². The fourth-order valence-corrected chi connectivity index (χ4v) is 4.99. The van der Waals surface area contributed by atoms with Crippen molar-refractivity contribution in [3.63, 3.8) is 0 Å². The lowest BCUT2D eigenvalue weighted by Gasteiger charge is -2.31. The number of hydrogen-bond acceptors (Lipinski definition) is 4. The molecule has 0 saturated carbocycles. The Morgan fingerprint density at radius 2 is 1.86 bits per heavy atom. The van der Waals surface area contributed by atoms with Crippen LogP contribution in [-0.2, 0) is 21.4 Å². The number of rotatable bonds is 7. The molecule has 150 valence electrons. The highest BCUT2D eigenvalue weighted by molar-refractivity contribution is 7.89. The number of carbonyl (C=O) groups is 1. The quantitative estimate of drug-likeness (QED) is 0.715. The largest absolute Gasteiger partial charge is 0.341 e. The van der Waals surface area contributed by atoms with E-state index in [0.717, 1.165) is 24.8 Å². The summed E-state index contributed by atoms with van der Waals surface area (Å²) in [7, 11) is -1.64. The van der Waals surface area contributed by atoms with Gasteiger partial charge in [0.15, 0.2) is 0 Å². The molecule has 0 N–H and O–H groups in total. The molecule has 2 heterocycles. The third-order valence-electron chi connectivity index (χ3n) is 5.30. The minimum atomic E-state index is -3.47. The van der Waals surface area contributed by atoms with E-state index >= 15 is 0 Å². The highest BCUT2D eigenvalue weighted by Crippen LogP contribution is 2.26. The number of piperidine rings is 1. The summed E-state index contributed by atoms with van der Waals surface area (Å²) >= 11 is 0. The summed E-state index contributed by atoms with van der Waals surface area (Å²) < 4.78 is 26.8. The standard InChI is InChI=1S/C21H27N3O3S/c1-23(17-19-6-3-2-4-7-19)21(25)10-9-18-11-14-24(15-12-18)28(26,27)20-8-5-13-22-16-20/h2-8,13,16,18H,9-12,14-15,17H2,1H3. The average molecular weight is 402 g/mol. The van der Waals surface area contributed by atoms with Gasteiger partial charge in [-0.1, -0.05) is 30.3 Å². The van der Waals surface area contributed by atoms with E-state index in [1.54, 1.807) is 23.2 Å². The van der Waals surface area contributed by atoms with Crippen molar-refractivity contribution in [2.24, 2.45) is 5.92 Å². The van der Waals surface area contributed by atoms with Gasteiger partial charge < -0.3 is 4.90 Å². The zero-order chi connectivity index (χ0) is 20.0. The number of hydrogen-bond donors (Lipinski definition) is 0. The van der Waals surface area contributed by atoms with E-state index in [1.165, 1.54) is 10.5 Å². The Morgan fingerprint density at radius 3 is 2.50 bits per heavy atom. The molecule has 7 heteroatoms. The normalized spacial score (nSPS) is 16.0. The van der Waals surface area contributed by atoms with E-state index in [2.05, 4.69) is 4.98 Å². The molecule has 1 aliphatic heterocycles. The van der Waals surface area contributed by atoms with Crippen LogP contribution in [-0.4, -0.2) is 48.7 Å². The van der Waals surface area contributed by atoms with Crippen LogP contribution < -0.4 is 0 Å². The first-order valence-corrected chi connectivity index (χ1v) is 11.1. The Kier molecular flexibility index (Phi) is 6.80. The lowest BCUT2D eigenvalue weighted by Crippen LogP contribution is -2.38. The smallest absolute Gasteiger partial charge is 0.244 e. The molecule has 0 bridgehead atoms. The van der Waals surface area contributed by atoms with Crippen LogP contribution in [0, 0.1) is 5.92 Å². The van der Waals surface area contributed by atoms with Gasteiger partial charge in [-0.25, -0.2) is 8.42 Å². The summed E-state index contributed by atoms with van der Waals surface area (Å²) in [5.74, 6) is 0.517. The maximum absolute atomic E-state index is 12.6. The Balaban J connectivity index is 1.45. The minimum absolute atomic E-state index is 0.134. The van der Waals surface area contributed by atoms with E-state index in [9.17, 15) is 13.2 Å². The monoisotopic (exact) mass is 401 g/mol. The SMILES string of the molecule is CN(Cc1ccccc1)C(=O)CCC1CCN(S(=O)(=O)c2cccnc2)CC1. The summed E-state index contributed by atoms with van der Waals surface area (Å²) in [6, 6.07) is 13.2. The predicted molar refractivity (Wildman–Crippen MR) is 108 cm³/mol. The number of sulfonamides is 1. The lowest BCUT2D eigenvalue weighted by atomic mass is 9.93. The zero-order valence-corrected chi connectivity index (χ0v) is 17.0. The van der Waals surface area contributed by atoms with Gasteiger partial charge >= 0.3 is 0 Å². The summed E-state index contributed by atoms with van der Waals surface area (Å²) in [5, 5.41) is 0. The second-order valence-electron chi connectivity index (χ2n) is 7.31. The van der Waals surface area contributed by atoms with E-state index in [4.69, 9.17) is 0 Å². The molecule has 1 amide bonds. The van der Waals surface area contributed by atoms with Crippen LogP contribution in [0.1, 0.15) is 31.2 Å². The molecule has 0 unspecified atom stereocenters. The molecule has 1 saturated heterocycles. The van der Waals surface area contributed by atoms with Gasteiger partial charge in [0.2, 0.25) is 15.9 Å². The molecule has 0 aliphatic carbocycles. The molecule has 1 aromatic heterocycles. The van der Waals surface area contributed by atoms with Crippen LogP contribution in [0.5, 0.6) is 0 Å². The van der Waals surface area contributed by atoms with E-state index in [1.807, 2.05) is 37.4 Å². The van der Waals surface area contributed by atoms with Crippen molar-refractivity contribution in [2.75, 3.05) is 20.1 Å². The van der Waals surface area contributed by atoms with Gasteiger partial charge in [-0.3, -0.25) is 9.78 Å². The van der Waals surface area contributed by atoms with Gasteiger partial charge in [0, 0.05) is 45.5 Å². The zero-order valence-electron chi connectivity index (χ0n) is 16.2. The number of aromatic nitrogens is 1. The van der Waals surface area contributed by atoms with Crippen molar-refractivity contribution >= 4 is 15.9 Å². The molecular formula is C21H27N3O3S. The highest BCUT2D eigenvalue weighted by atomic mass is 32.2. The van der Waals surface area contributed by atoms with Crippen LogP contribution in [0.2, 0.25) is 0 Å². The number of nitrogens with zero attached hydrogens (tertiary/aromatic N) is 3. The first kappa shape index (κ1) is 20.5. The minimum Gasteiger partial charge on any atom is -0.341 e. The van der Waals surface area contributed by atoms with Gasteiger partial charge in [0.1, 0.15) is 4.90 Å². The summed E-state index contributed by atoms with van der Waals surface area (Å²) in [4.78, 5) is 18.3. The summed E-state index contributed by atoms with van der Waals surface area (Å²) in [6.45, 7) is 1.60. The van der Waals surface area contributed by atoms with E-state index in [0.29, 0.717) is 32.0 Å². The second kappa shape index (κ2) is 9.30. The molecule has 6 nitrogen and oxygen atoms in total. The summed E-state index contributed by atoms with van der Waals surface area (Å²) in [6.07, 6.45) is 5.84. The Hall–Kier alpha value is -2.25. The van der Waals surface area contributed by atoms with Crippen molar-refractivity contribution in [3.8, 4) is 0 Å². The van der Waals surface area contributed by atoms with Crippen molar-refractivity contribution < 1.29 is 13.2 Å². The third-order valence-corrected chi connectivity index (χ3v) is 7.18. The lowest BCUT2D eigenvalue weighted by molar-refractivity contribution is -0.130. The van der Waals surface area contributed by atoms with Crippen LogP contribution in [0.4, 0.5) is 0 Å². The predicted octanol–water partition coefficient (Wildman–Crippen LogP) is 2.92. The van der Waals surface area contributed by atoms with Crippen LogP contribution >= 0.6 is 0 Å². The van der Waals surface area contributed by atoms with E-state index < -0.39 is 10.0 Å². The number of amides is 1. The molecule has 0 spiro atoms.